The van der Waals surface area contributed by atoms with Gasteiger partial charge in [0.1, 0.15) is 5.76 Å². The van der Waals surface area contributed by atoms with Crippen LogP contribution in [0.1, 0.15) is 24.4 Å². The lowest BCUT2D eigenvalue weighted by Crippen LogP contribution is -2.30. The van der Waals surface area contributed by atoms with Gasteiger partial charge in [0.05, 0.1) is 27.9 Å². The first-order chi connectivity index (χ1) is 9.09. The van der Waals surface area contributed by atoms with E-state index in [0.717, 1.165) is 11.5 Å². The van der Waals surface area contributed by atoms with E-state index in [0.29, 0.717) is 16.7 Å². The number of aryl methyl sites for hydroxylation is 1. The van der Waals surface area contributed by atoms with Crippen molar-refractivity contribution in [2.24, 2.45) is 0 Å². The molecule has 0 aromatic carbocycles. The Hall–Kier alpha value is -1.15. The third kappa shape index (κ3) is 3.44. The third-order valence-electron chi connectivity index (χ3n) is 2.93. The van der Waals surface area contributed by atoms with Gasteiger partial charge in [-0.15, -0.1) is 0 Å². The lowest BCUT2D eigenvalue weighted by atomic mass is 10.2. The molecule has 2 aromatic heterocycles. The number of hydrogen-bond acceptors (Lipinski definition) is 4. The van der Waals surface area contributed by atoms with Crippen LogP contribution in [0.4, 0.5) is 0 Å². The van der Waals surface area contributed by atoms with Crippen molar-refractivity contribution in [1.29, 1.82) is 0 Å². The lowest BCUT2D eigenvalue weighted by molar-refractivity contribution is 0.421. The van der Waals surface area contributed by atoms with Gasteiger partial charge in [-0.25, -0.2) is 4.98 Å². The number of halogens is 1. The summed E-state index contributed by atoms with van der Waals surface area (Å²) in [5.74, 6) is 0.893. The molecule has 0 aliphatic rings. The second-order valence-electron chi connectivity index (χ2n) is 4.33. The minimum atomic E-state index is 0.0144. The van der Waals surface area contributed by atoms with E-state index < -0.39 is 0 Å². The molecule has 0 bridgehead atoms. The van der Waals surface area contributed by atoms with Gasteiger partial charge >= 0.3 is 0 Å². The maximum Gasteiger partial charge on any atom is 0.267 e. The zero-order chi connectivity index (χ0) is 13.8. The molecule has 2 rings (SSSR count). The van der Waals surface area contributed by atoms with Crippen LogP contribution >= 0.6 is 22.6 Å². The third-order valence-corrected chi connectivity index (χ3v) is 4.17. The molecule has 0 saturated heterocycles. The molecular formula is C13H16IN3O2. The van der Waals surface area contributed by atoms with Crippen molar-refractivity contribution in [3.63, 3.8) is 0 Å². The second-order valence-corrected chi connectivity index (χ2v) is 5.41. The average molecular weight is 373 g/mol. The molecule has 0 fully saturated rings. The average Bonchev–Trinajstić information content (AvgIpc) is 2.92. The minimum absolute atomic E-state index is 0.0144. The fourth-order valence-corrected chi connectivity index (χ4v) is 2.19. The van der Waals surface area contributed by atoms with Crippen molar-refractivity contribution < 1.29 is 4.42 Å². The van der Waals surface area contributed by atoms with Crippen LogP contribution in [0.5, 0.6) is 0 Å². The highest BCUT2D eigenvalue weighted by Crippen LogP contribution is 2.11. The van der Waals surface area contributed by atoms with Crippen LogP contribution < -0.4 is 10.9 Å². The lowest BCUT2D eigenvalue weighted by Gasteiger charge is -2.12. The van der Waals surface area contributed by atoms with Crippen LogP contribution in [-0.2, 0) is 6.54 Å². The Morgan fingerprint density at radius 2 is 2.37 bits per heavy atom. The van der Waals surface area contributed by atoms with E-state index in [1.807, 2.05) is 48.6 Å². The zero-order valence-electron chi connectivity index (χ0n) is 10.9. The van der Waals surface area contributed by atoms with Crippen molar-refractivity contribution >= 4 is 22.6 Å². The van der Waals surface area contributed by atoms with Crippen LogP contribution in [0.25, 0.3) is 0 Å². The van der Waals surface area contributed by atoms with E-state index >= 15 is 0 Å². The predicted octanol–water partition coefficient (Wildman–Crippen LogP) is 2.10. The van der Waals surface area contributed by atoms with Crippen LogP contribution in [0.15, 0.2) is 33.9 Å². The first-order valence-corrected chi connectivity index (χ1v) is 7.16. The molecule has 5 nitrogen and oxygen atoms in total. The molecule has 1 atom stereocenters. The van der Waals surface area contributed by atoms with Gasteiger partial charge in [-0.05, 0) is 48.6 Å². The Balaban J connectivity index is 1.93. The molecule has 1 N–H and O–H groups in total. The largest absolute Gasteiger partial charge is 0.468 e. The molecule has 102 valence electrons. The van der Waals surface area contributed by atoms with E-state index in [-0.39, 0.29) is 11.6 Å². The van der Waals surface area contributed by atoms with E-state index in [1.165, 1.54) is 0 Å². The molecule has 0 spiro atoms. The number of rotatable bonds is 5. The van der Waals surface area contributed by atoms with E-state index in [9.17, 15) is 4.79 Å². The highest BCUT2D eigenvalue weighted by Gasteiger charge is 2.08. The van der Waals surface area contributed by atoms with Gasteiger partial charge in [0, 0.05) is 13.1 Å². The summed E-state index contributed by atoms with van der Waals surface area (Å²) in [6.07, 6.45) is 3.25. The molecule has 19 heavy (non-hydrogen) atoms. The summed E-state index contributed by atoms with van der Waals surface area (Å²) in [5, 5.41) is 3.31. The minimum Gasteiger partial charge on any atom is -0.468 e. The maximum atomic E-state index is 12.0. The summed E-state index contributed by atoms with van der Waals surface area (Å²) < 4.78 is 7.61. The van der Waals surface area contributed by atoms with E-state index in [1.54, 1.807) is 17.2 Å². The fourth-order valence-electron chi connectivity index (χ4n) is 1.75. The Morgan fingerprint density at radius 1 is 1.58 bits per heavy atom. The monoisotopic (exact) mass is 373 g/mol. The Kier molecular flexibility index (Phi) is 4.76. The topological polar surface area (TPSA) is 60.1 Å². The quantitative estimate of drug-likeness (QED) is 0.816. The van der Waals surface area contributed by atoms with Gasteiger partial charge < -0.3 is 9.73 Å². The Morgan fingerprint density at radius 3 is 3.05 bits per heavy atom. The van der Waals surface area contributed by atoms with Gasteiger partial charge in [0.15, 0.2) is 0 Å². The highest BCUT2D eigenvalue weighted by atomic mass is 127. The maximum absolute atomic E-state index is 12.0. The van der Waals surface area contributed by atoms with E-state index in [4.69, 9.17) is 4.42 Å². The van der Waals surface area contributed by atoms with Crippen molar-refractivity contribution in [3.8, 4) is 0 Å². The van der Waals surface area contributed by atoms with Crippen molar-refractivity contribution in [1.82, 2.24) is 14.9 Å². The Bertz CT molecular complexity index is 592. The molecule has 0 aliphatic heterocycles. The molecule has 6 heteroatoms. The molecule has 2 heterocycles. The molecule has 0 amide bonds. The fraction of sp³-hybridized carbons (Fsp3) is 0.385. The van der Waals surface area contributed by atoms with Gasteiger partial charge in [0.25, 0.3) is 5.56 Å². The molecule has 2 aromatic rings. The van der Waals surface area contributed by atoms with Gasteiger partial charge in [0.2, 0.25) is 0 Å². The normalized spacial score (nSPS) is 12.6. The summed E-state index contributed by atoms with van der Waals surface area (Å²) in [7, 11) is 0. The number of aromatic nitrogens is 2. The molecule has 1 unspecified atom stereocenters. The van der Waals surface area contributed by atoms with Crippen molar-refractivity contribution in [3.05, 3.63) is 50.1 Å². The smallest absolute Gasteiger partial charge is 0.267 e. The summed E-state index contributed by atoms with van der Waals surface area (Å²) in [6.45, 7) is 5.14. The number of hydrogen-bond donors (Lipinski definition) is 1. The first kappa shape index (κ1) is 14.3. The summed E-state index contributed by atoms with van der Waals surface area (Å²) in [6, 6.07) is 3.92. The molecule has 0 aliphatic carbocycles. The zero-order valence-corrected chi connectivity index (χ0v) is 13.0. The standard InChI is InChI=1S/C13H16IN3O2/c1-9(11-4-3-7-19-11)15-5-6-17-8-16-10(2)12(14)13(17)18/h3-4,7-9,15H,5-6H2,1-2H3. The van der Waals surface area contributed by atoms with Crippen molar-refractivity contribution in [2.45, 2.75) is 26.4 Å². The highest BCUT2D eigenvalue weighted by molar-refractivity contribution is 14.1. The van der Waals surface area contributed by atoms with Crippen molar-refractivity contribution in [2.75, 3.05) is 6.54 Å². The van der Waals surface area contributed by atoms with Gasteiger partial charge in [-0.1, -0.05) is 0 Å². The van der Waals surface area contributed by atoms with Crippen LogP contribution in [0.3, 0.4) is 0 Å². The summed E-state index contributed by atoms with van der Waals surface area (Å²) >= 11 is 2.04. The predicted molar refractivity (Wildman–Crippen MR) is 81.1 cm³/mol. The SMILES string of the molecule is Cc1ncn(CCNC(C)c2ccco2)c(=O)c1I. The number of nitrogens with one attached hydrogen (secondary N) is 1. The molecule has 0 saturated carbocycles. The van der Waals surface area contributed by atoms with Crippen LogP contribution in [0, 0.1) is 10.5 Å². The summed E-state index contributed by atoms with van der Waals surface area (Å²) in [4.78, 5) is 16.2. The summed E-state index contributed by atoms with van der Waals surface area (Å²) in [5.41, 5.74) is 0.791. The van der Waals surface area contributed by atoms with Gasteiger partial charge in [-0.2, -0.15) is 0 Å². The van der Waals surface area contributed by atoms with Crippen LogP contribution in [-0.4, -0.2) is 16.1 Å². The first-order valence-electron chi connectivity index (χ1n) is 6.08. The number of furan rings is 1. The Labute approximate surface area is 125 Å². The molecule has 0 radical (unpaired) electrons. The molecular weight excluding hydrogens is 357 g/mol. The van der Waals surface area contributed by atoms with Gasteiger partial charge in [-0.3, -0.25) is 9.36 Å². The van der Waals surface area contributed by atoms with E-state index in [2.05, 4.69) is 10.3 Å². The number of nitrogens with zero attached hydrogens (tertiary/aromatic N) is 2. The van der Waals surface area contributed by atoms with Crippen LogP contribution in [0.2, 0.25) is 0 Å². The second kappa shape index (κ2) is 6.33.